The van der Waals surface area contributed by atoms with Crippen molar-refractivity contribution in [2.45, 2.75) is 10.6 Å². The number of benzene rings is 2. The summed E-state index contributed by atoms with van der Waals surface area (Å²) in [7, 11) is 1.55. The predicted octanol–water partition coefficient (Wildman–Crippen LogP) is 3.41. The molecule has 0 amide bonds. The highest BCUT2D eigenvalue weighted by molar-refractivity contribution is 7.98. The second kappa shape index (κ2) is 6.49. The van der Waals surface area contributed by atoms with Gasteiger partial charge in [-0.25, -0.2) is 9.18 Å². The van der Waals surface area contributed by atoms with E-state index in [1.54, 1.807) is 25.3 Å². The van der Waals surface area contributed by atoms with Crippen LogP contribution in [-0.2, 0) is 5.75 Å². The third kappa shape index (κ3) is 3.66. The lowest BCUT2D eigenvalue weighted by Gasteiger charge is -2.09. The summed E-state index contributed by atoms with van der Waals surface area (Å²) in [5.41, 5.74) is 6.81. The Morgan fingerprint density at radius 1 is 1.33 bits per heavy atom. The summed E-state index contributed by atoms with van der Waals surface area (Å²) in [5, 5.41) is 8.93. The number of carboxylic acids is 1. The molecule has 0 unspecified atom stereocenters. The van der Waals surface area contributed by atoms with Gasteiger partial charge in [0.2, 0.25) is 0 Å². The Morgan fingerprint density at radius 2 is 2.10 bits per heavy atom. The zero-order chi connectivity index (χ0) is 15.4. The van der Waals surface area contributed by atoms with Crippen LogP contribution in [0.25, 0.3) is 0 Å². The molecule has 0 aliphatic rings. The van der Waals surface area contributed by atoms with Crippen LogP contribution < -0.4 is 10.5 Å². The van der Waals surface area contributed by atoms with Crippen LogP contribution in [0.15, 0.2) is 41.3 Å². The molecule has 0 spiro atoms. The first-order valence-corrected chi connectivity index (χ1v) is 7.08. The molecular formula is C15H14FNO3S. The largest absolute Gasteiger partial charge is 0.497 e. The lowest BCUT2D eigenvalue weighted by atomic mass is 10.1. The highest BCUT2D eigenvalue weighted by Crippen LogP contribution is 2.32. The molecule has 0 radical (unpaired) electrons. The fraction of sp³-hybridized carbons (Fsp3) is 0.133. The summed E-state index contributed by atoms with van der Waals surface area (Å²) in [6.45, 7) is 0. The maximum absolute atomic E-state index is 13.7. The first-order valence-electron chi connectivity index (χ1n) is 6.09. The Balaban J connectivity index is 2.20. The van der Waals surface area contributed by atoms with E-state index in [4.69, 9.17) is 15.6 Å². The minimum atomic E-state index is -1.08. The maximum Gasteiger partial charge on any atom is 0.335 e. The van der Waals surface area contributed by atoms with E-state index < -0.39 is 11.8 Å². The molecule has 0 bridgehead atoms. The van der Waals surface area contributed by atoms with Gasteiger partial charge in [-0.05, 0) is 42.0 Å². The molecule has 0 aliphatic heterocycles. The highest BCUT2D eigenvalue weighted by atomic mass is 32.2. The molecule has 4 nitrogen and oxygen atoms in total. The fourth-order valence-corrected chi connectivity index (χ4v) is 2.71. The quantitative estimate of drug-likeness (QED) is 0.654. The first-order chi connectivity index (χ1) is 10.0. The van der Waals surface area contributed by atoms with Crippen molar-refractivity contribution in [2.24, 2.45) is 0 Å². The normalized spacial score (nSPS) is 10.4. The standard InChI is InChI=1S/C15H14FNO3S/c1-20-11-3-5-13(17)14(7-11)21-8-10-6-9(15(18)19)2-4-12(10)16/h2-7H,8,17H2,1H3,(H,18,19). The summed E-state index contributed by atoms with van der Waals surface area (Å²) < 4.78 is 18.8. The molecule has 0 atom stereocenters. The summed E-state index contributed by atoms with van der Waals surface area (Å²) in [6.07, 6.45) is 0. The topological polar surface area (TPSA) is 72.5 Å². The summed E-state index contributed by atoms with van der Waals surface area (Å²) in [4.78, 5) is 11.7. The molecule has 2 aromatic carbocycles. The molecule has 0 fully saturated rings. The van der Waals surface area contributed by atoms with E-state index in [0.29, 0.717) is 17.0 Å². The predicted molar refractivity (Wildman–Crippen MR) is 80.3 cm³/mol. The average Bonchev–Trinajstić information content (AvgIpc) is 2.47. The number of thioether (sulfide) groups is 1. The van der Waals surface area contributed by atoms with Gasteiger partial charge >= 0.3 is 5.97 Å². The van der Waals surface area contributed by atoms with Crippen LogP contribution in [0.2, 0.25) is 0 Å². The average molecular weight is 307 g/mol. The smallest absolute Gasteiger partial charge is 0.335 e. The Bertz CT molecular complexity index is 676. The zero-order valence-electron chi connectivity index (χ0n) is 11.3. The van der Waals surface area contributed by atoms with E-state index >= 15 is 0 Å². The fourth-order valence-electron chi connectivity index (χ4n) is 1.74. The van der Waals surface area contributed by atoms with Crippen molar-refractivity contribution in [3.05, 3.63) is 53.3 Å². The number of methoxy groups -OCH3 is 1. The van der Waals surface area contributed by atoms with Crippen molar-refractivity contribution in [1.29, 1.82) is 0 Å². The van der Waals surface area contributed by atoms with E-state index in [0.717, 1.165) is 11.0 Å². The number of carboxylic acid groups (broad SMARTS) is 1. The lowest BCUT2D eigenvalue weighted by molar-refractivity contribution is 0.0696. The van der Waals surface area contributed by atoms with Crippen LogP contribution in [0.1, 0.15) is 15.9 Å². The second-order valence-electron chi connectivity index (χ2n) is 4.30. The van der Waals surface area contributed by atoms with Crippen LogP contribution >= 0.6 is 11.8 Å². The maximum atomic E-state index is 13.7. The highest BCUT2D eigenvalue weighted by Gasteiger charge is 2.10. The molecule has 0 saturated carbocycles. The van der Waals surface area contributed by atoms with Gasteiger partial charge < -0.3 is 15.6 Å². The van der Waals surface area contributed by atoms with E-state index in [1.165, 1.54) is 23.9 Å². The number of hydrogen-bond acceptors (Lipinski definition) is 4. The Hall–Kier alpha value is -2.21. The molecule has 0 heterocycles. The van der Waals surface area contributed by atoms with Gasteiger partial charge in [-0.1, -0.05) is 0 Å². The molecule has 2 rings (SSSR count). The van der Waals surface area contributed by atoms with E-state index in [9.17, 15) is 9.18 Å². The third-order valence-corrected chi connectivity index (χ3v) is 4.02. The minimum absolute atomic E-state index is 0.0608. The van der Waals surface area contributed by atoms with Gasteiger partial charge in [0.15, 0.2) is 0 Å². The number of rotatable bonds is 5. The Morgan fingerprint density at radius 3 is 2.76 bits per heavy atom. The van der Waals surface area contributed by atoms with Crippen LogP contribution in [0, 0.1) is 5.82 Å². The number of anilines is 1. The zero-order valence-corrected chi connectivity index (χ0v) is 12.1. The first kappa shape index (κ1) is 15.2. The van der Waals surface area contributed by atoms with Crippen LogP contribution in [-0.4, -0.2) is 18.2 Å². The molecule has 110 valence electrons. The van der Waals surface area contributed by atoms with Crippen LogP contribution in [0.3, 0.4) is 0 Å². The Labute approximate surface area is 125 Å². The minimum Gasteiger partial charge on any atom is -0.497 e. The molecule has 21 heavy (non-hydrogen) atoms. The monoisotopic (exact) mass is 307 g/mol. The number of carbonyl (C=O) groups is 1. The molecule has 0 saturated heterocycles. The SMILES string of the molecule is COc1ccc(N)c(SCc2cc(C(=O)O)ccc2F)c1. The van der Waals surface area contributed by atoms with Crippen molar-refractivity contribution in [2.75, 3.05) is 12.8 Å². The van der Waals surface area contributed by atoms with E-state index in [2.05, 4.69) is 0 Å². The number of halogens is 1. The number of nitrogen functional groups attached to an aromatic ring is 1. The van der Waals surface area contributed by atoms with E-state index in [1.807, 2.05) is 0 Å². The molecule has 3 N–H and O–H groups in total. The van der Waals surface area contributed by atoms with Gasteiger partial charge in [-0.3, -0.25) is 0 Å². The van der Waals surface area contributed by atoms with Crippen molar-refractivity contribution in [3.63, 3.8) is 0 Å². The molecule has 0 aliphatic carbocycles. The van der Waals surface area contributed by atoms with Gasteiger partial charge in [0.05, 0.1) is 12.7 Å². The van der Waals surface area contributed by atoms with Gasteiger partial charge in [0.25, 0.3) is 0 Å². The summed E-state index contributed by atoms with van der Waals surface area (Å²) >= 11 is 1.33. The summed E-state index contributed by atoms with van der Waals surface area (Å²) in [5.74, 6) is -0.577. The third-order valence-electron chi connectivity index (χ3n) is 2.90. The summed E-state index contributed by atoms with van der Waals surface area (Å²) in [6, 6.07) is 8.95. The van der Waals surface area contributed by atoms with Crippen LogP contribution in [0.5, 0.6) is 5.75 Å². The Kier molecular flexibility index (Phi) is 4.70. The number of nitrogens with two attached hydrogens (primary N) is 1. The van der Waals surface area contributed by atoms with Crippen molar-refractivity contribution in [3.8, 4) is 5.75 Å². The van der Waals surface area contributed by atoms with Gasteiger partial charge in [-0.2, -0.15) is 0 Å². The number of aromatic carboxylic acids is 1. The number of hydrogen-bond donors (Lipinski definition) is 2. The van der Waals surface area contributed by atoms with Gasteiger partial charge in [0.1, 0.15) is 11.6 Å². The molecule has 0 aromatic heterocycles. The number of ether oxygens (including phenoxy) is 1. The molecule has 6 heteroatoms. The molecular weight excluding hydrogens is 293 g/mol. The van der Waals surface area contributed by atoms with Crippen LogP contribution in [0.4, 0.5) is 10.1 Å². The van der Waals surface area contributed by atoms with Crippen molar-refractivity contribution < 1.29 is 19.0 Å². The van der Waals surface area contributed by atoms with Gasteiger partial charge in [-0.15, -0.1) is 11.8 Å². The molecule has 2 aromatic rings. The van der Waals surface area contributed by atoms with E-state index in [-0.39, 0.29) is 11.3 Å². The lowest BCUT2D eigenvalue weighted by Crippen LogP contribution is -1.99. The van der Waals surface area contributed by atoms with Crippen molar-refractivity contribution in [1.82, 2.24) is 0 Å². The van der Waals surface area contributed by atoms with Crippen molar-refractivity contribution >= 4 is 23.4 Å². The van der Waals surface area contributed by atoms with Gasteiger partial charge in [0, 0.05) is 16.3 Å². The second-order valence-corrected chi connectivity index (χ2v) is 5.32.